The zero-order valence-electron chi connectivity index (χ0n) is 18.4. The maximum atomic E-state index is 12.5. The molecule has 8 heteroatoms. The minimum Gasteiger partial charge on any atom is -0.497 e. The minimum absolute atomic E-state index is 0.372. The number of hydrogen-bond donors (Lipinski definition) is 1. The molecule has 3 aromatic rings. The van der Waals surface area contributed by atoms with Gasteiger partial charge in [-0.2, -0.15) is 4.68 Å². The summed E-state index contributed by atoms with van der Waals surface area (Å²) >= 11 is 0. The van der Waals surface area contributed by atoms with E-state index in [9.17, 15) is 4.79 Å². The Hall–Kier alpha value is -4.07. The number of aromatic nitrogens is 3. The summed E-state index contributed by atoms with van der Waals surface area (Å²) in [6.07, 6.45) is 7.11. The van der Waals surface area contributed by atoms with Gasteiger partial charge in [0.2, 0.25) is 0 Å². The molecular formula is C24H26N4O4. The second-order valence-corrected chi connectivity index (χ2v) is 6.66. The van der Waals surface area contributed by atoms with Crippen LogP contribution in [-0.2, 0) is 0 Å². The van der Waals surface area contributed by atoms with E-state index in [2.05, 4.69) is 22.2 Å². The van der Waals surface area contributed by atoms with Gasteiger partial charge in [0.1, 0.15) is 29.5 Å². The molecular weight excluding hydrogens is 408 g/mol. The van der Waals surface area contributed by atoms with Crippen molar-refractivity contribution in [2.24, 2.45) is 0 Å². The molecule has 0 radical (unpaired) electrons. The van der Waals surface area contributed by atoms with Crippen LogP contribution in [0.4, 0.5) is 4.79 Å². The van der Waals surface area contributed by atoms with E-state index in [-0.39, 0.29) is 6.03 Å². The van der Waals surface area contributed by atoms with Gasteiger partial charge in [-0.15, -0.1) is 5.10 Å². The van der Waals surface area contributed by atoms with Crippen LogP contribution in [0.25, 0.3) is 23.4 Å². The number of nitrogens with zero attached hydrogens (tertiary/aromatic N) is 3. The average Bonchev–Trinajstić information content (AvgIpc) is 3.31. The van der Waals surface area contributed by atoms with E-state index >= 15 is 0 Å². The molecule has 3 rings (SSSR count). The van der Waals surface area contributed by atoms with Crippen molar-refractivity contribution in [1.29, 1.82) is 0 Å². The standard InChI is InChI=1S/C24H26N4O4/c1-5-13-32-19-11-8-17(9-12-19)7-10-18-14-20(30-3)15-22(31-4)23(18)21-16-26-27-28(21)24(29)25-6-2/h5,7-12,14-16H,1,6,13H2,2-4H3,(H,25,29)/b10-7+. The van der Waals surface area contributed by atoms with Gasteiger partial charge in [0, 0.05) is 12.6 Å². The number of amides is 1. The topological polar surface area (TPSA) is 87.5 Å². The first kappa shape index (κ1) is 22.6. The maximum absolute atomic E-state index is 12.5. The smallest absolute Gasteiger partial charge is 0.344 e. The van der Waals surface area contributed by atoms with Gasteiger partial charge in [-0.3, -0.25) is 0 Å². The van der Waals surface area contributed by atoms with Crippen LogP contribution in [0.5, 0.6) is 17.2 Å². The van der Waals surface area contributed by atoms with E-state index in [1.807, 2.05) is 49.4 Å². The molecule has 1 aromatic heterocycles. The molecule has 0 atom stereocenters. The van der Waals surface area contributed by atoms with Crippen molar-refractivity contribution < 1.29 is 19.0 Å². The normalized spacial score (nSPS) is 10.7. The first-order valence-corrected chi connectivity index (χ1v) is 10.1. The third-order valence-electron chi connectivity index (χ3n) is 4.59. The Balaban J connectivity index is 2.04. The lowest BCUT2D eigenvalue weighted by Crippen LogP contribution is -2.29. The van der Waals surface area contributed by atoms with Gasteiger partial charge in [-0.05, 0) is 36.2 Å². The molecule has 8 nitrogen and oxygen atoms in total. The fourth-order valence-electron chi connectivity index (χ4n) is 3.09. The van der Waals surface area contributed by atoms with Gasteiger partial charge >= 0.3 is 6.03 Å². The first-order valence-electron chi connectivity index (χ1n) is 10.1. The molecule has 0 aliphatic heterocycles. The highest BCUT2D eigenvalue weighted by Gasteiger charge is 2.20. The fourth-order valence-corrected chi connectivity index (χ4v) is 3.09. The van der Waals surface area contributed by atoms with E-state index in [0.717, 1.165) is 16.9 Å². The van der Waals surface area contributed by atoms with Crippen LogP contribution in [0.3, 0.4) is 0 Å². The monoisotopic (exact) mass is 434 g/mol. The largest absolute Gasteiger partial charge is 0.497 e. The Morgan fingerprint density at radius 1 is 1.12 bits per heavy atom. The third kappa shape index (κ3) is 5.15. The number of rotatable bonds is 9. The third-order valence-corrected chi connectivity index (χ3v) is 4.59. The highest BCUT2D eigenvalue weighted by atomic mass is 16.5. The van der Waals surface area contributed by atoms with Crippen LogP contribution in [0.1, 0.15) is 18.1 Å². The van der Waals surface area contributed by atoms with Crippen LogP contribution in [0.2, 0.25) is 0 Å². The Morgan fingerprint density at radius 2 is 1.91 bits per heavy atom. The van der Waals surface area contributed by atoms with Crippen molar-refractivity contribution in [3.8, 4) is 28.5 Å². The molecule has 0 unspecified atom stereocenters. The molecule has 0 aliphatic carbocycles. The van der Waals surface area contributed by atoms with Gasteiger partial charge in [-0.25, -0.2) is 4.79 Å². The lowest BCUT2D eigenvalue weighted by Gasteiger charge is -2.15. The van der Waals surface area contributed by atoms with E-state index in [1.54, 1.807) is 26.4 Å². The van der Waals surface area contributed by atoms with Crippen LogP contribution < -0.4 is 19.5 Å². The average molecular weight is 434 g/mol. The first-order chi connectivity index (χ1) is 15.6. The number of hydrogen-bond acceptors (Lipinski definition) is 6. The molecule has 0 aliphatic rings. The minimum atomic E-state index is -0.372. The highest BCUT2D eigenvalue weighted by molar-refractivity contribution is 5.88. The number of carbonyl (C=O) groups excluding carboxylic acids is 1. The zero-order valence-corrected chi connectivity index (χ0v) is 18.4. The molecule has 0 spiro atoms. The number of carbonyl (C=O) groups is 1. The Bertz CT molecular complexity index is 1100. The van der Waals surface area contributed by atoms with Gasteiger partial charge in [0.15, 0.2) is 0 Å². The molecule has 0 fully saturated rings. The maximum Gasteiger partial charge on any atom is 0.344 e. The zero-order chi connectivity index (χ0) is 22.9. The van der Waals surface area contributed by atoms with Crippen molar-refractivity contribution >= 4 is 18.2 Å². The van der Waals surface area contributed by atoms with Crippen molar-refractivity contribution in [3.63, 3.8) is 0 Å². The number of methoxy groups -OCH3 is 2. The molecule has 1 heterocycles. The lowest BCUT2D eigenvalue weighted by atomic mass is 10.0. The number of benzene rings is 2. The van der Waals surface area contributed by atoms with Crippen molar-refractivity contribution in [2.75, 3.05) is 27.4 Å². The van der Waals surface area contributed by atoms with Crippen LogP contribution in [0.15, 0.2) is 55.3 Å². The van der Waals surface area contributed by atoms with Gasteiger partial charge < -0.3 is 19.5 Å². The molecule has 32 heavy (non-hydrogen) atoms. The molecule has 0 bridgehead atoms. The van der Waals surface area contributed by atoms with E-state index in [4.69, 9.17) is 14.2 Å². The predicted molar refractivity (Wildman–Crippen MR) is 124 cm³/mol. The van der Waals surface area contributed by atoms with Gasteiger partial charge in [-0.1, -0.05) is 42.2 Å². The summed E-state index contributed by atoms with van der Waals surface area (Å²) in [6.45, 7) is 6.41. The van der Waals surface area contributed by atoms with Crippen molar-refractivity contribution in [3.05, 3.63) is 66.4 Å². The molecule has 0 saturated heterocycles. The van der Waals surface area contributed by atoms with Gasteiger partial charge in [0.25, 0.3) is 0 Å². The number of nitrogens with one attached hydrogen (secondary N) is 1. The second-order valence-electron chi connectivity index (χ2n) is 6.66. The van der Waals surface area contributed by atoms with E-state index in [1.165, 1.54) is 10.9 Å². The summed E-state index contributed by atoms with van der Waals surface area (Å²) in [5.41, 5.74) is 2.93. The van der Waals surface area contributed by atoms with Crippen LogP contribution in [-0.4, -0.2) is 48.4 Å². The quantitative estimate of drug-likeness (QED) is 0.400. The Labute approximate surface area is 187 Å². The van der Waals surface area contributed by atoms with Crippen LogP contribution >= 0.6 is 0 Å². The van der Waals surface area contributed by atoms with Crippen molar-refractivity contribution in [1.82, 2.24) is 20.3 Å². The van der Waals surface area contributed by atoms with Crippen LogP contribution in [0, 0.1) is 0 Å². The summed E-state index contributed by atoms with van der Waals surface area (Å²) < 4.78 is 17.8. The molecule has 1 N–H and O–H groups in total. The predicted octanol–water partition coefficient (Wildman–Crippen LogP) is 4.28. The number of ether oxygens (including phenoxy) is 3. The molecule has 0 saturated carbocycles. The van der Waals surface area contributed by atoms with E-state index < -0.39 is 0 Å². The summed E-state index contributed by atoms with van der Waals surface area (Å²) in [6, 6.07) is 10.9. The Morgan fingerprint density at radius 3 is 2.56 bits per heavy atom. The molecule has 166 valence electrons. The van der Waals surface area contributed by atoms with Crippen molar-refractivity contribution in [2.45, 2.75) is 6.92 Å². The summed E-state index contributed by atoms with van der Waals surface area (Å²) in [4.78, 5) is 12.5. The summed E-state index contributed by atoms with van der Waals surface area (Å²) in [7, 11) is 3.15. The highest BCUT2D eigenvalue weighted by Crippen LogP contribution is 2.37. The summed E-state index contributed by atoms with van der Waals surface area (Å²) in [5.74, 6) is 1.92. The van der Waals surface area contributed by atoms with E-state index in [0.29, 0.717) is 35.9 Å². The van der Waals surface area contributed by atoms with Gasteiger partial charge in [0.05, 0.1) is 26.0 Å². The fraction of sp³-hybridized carbons (Fsp3) is 0.208. The SMILES string of the molecule is C=CCOc1ccc(/C=C/c2cc(OC)cc(OC)c2-c2cnnn2C(=O)NCC)cc1. The second kappa shape index (κ2) is 10.8. The molecule has 1 amide bonds. The molecule has 2 aromatic carbocycles. The Kier molecular flexibility index (Phi) is 7.64. The summed E-state index contributed by atoms with van der Waals surface area (Å²) in [5, 5.41) is 10.6. The lowest BCUT2D eigenvalue weighted by molar-refractivity contribution is 0.240.